The van der Waals surface area contributed by atoms with E-state index < -0.39 is 0 Å². The van der Waals surface area contributed by atoms with Crippen molar-refractivity contribution in [1.82, 2.24) is 5.32 Å². The van der Waals surface area contributed by atoms with Crippen molar-refractivity contribution in [2.75, 3.05) is 20.3 Å². The molecule has 2 N–H and O–H groups in total. The summed E-state index contributed by atoms with van der Waals surface area (Å²) >= 11 is 0. The third-order valence-corrected chi connectivity index (χ3v) is 2.75. The van der Waals surface area contributed by atoms with Crippen LogP contribution in [0, 0.1) is 0 Å². The molecule has 0 aliphatic heterocycles. The lowest BCUT2D eigenvalue weighted by Gasteiger charge is -2.18. The second kappa shape index (κ2) is 8.09. The lowest BCUT2D eigenvalue weighted by atomic mass is 10.0. The van der Waals surface area contributed by atoms with Crippen LogP contribution in [-0.2, 0) is 11.2 Å². The Morgan fingerprint density at radius 1 is 1.41 bits per heavy atom. The lowest BCUT2D eigenvalue weighted by molar-refractivity contribution is 0.182. The van der Waals surface area contributed by atoms with Crippen LogP contribution in [0.15, 0.2) is 24.3 Å². The average Bonchev–Trinajstić information content (AvgIpc) is 2.32. The molecule has 0 heterocycles. The maximum atomic E-state index is 9.43. The smallest absolute Gasteiger partial charge is 0.115 e. The minimum atomic E-state index is 0.337. The van der Waals surface area contributed by atoms with Crippen molar-refractivity contribution in [2.24, 2.45) is 0 Å². The predicted molar refractivity (Wildman–Crippen MR) is 70.4 cm³/mol. The number of hydrogen-bond donors (Lipinski definition) is 2. The van der Waals surface area contributed by atoms with Crippen LogP contribution in [0.5, 0.6) is 5.75 Å². The molecule has 1 rings (SSSR count). The Balaban J connectivity index is 2.51. The first kappa shape index (κ1) is 14.0. The molecule has 0 aromatic heterocycles. The number of phenolic OH excluding ortho intramolecular Hbond substituents is 1. The highest BCUT2D eigenvalue weighted by Crippen LogP contribution is 2.13. The van der Waals surface area contributed by atoms with E-state index in [2.05, 4.69) is 12.2 Å². The molecule has 1 unspecified atom stereocenters. The van der Waals surface area contributed by atoms with E-state index in [4.69, 9.17) is 4.74 Å². The topological polar surface area (TPSA) is 41.5 Å². The van der Waals surface area contributed by atoms with Crippen LogP contribution >= 0.6 is 0 Å². The van der Waals surface area contributed by atoms with Crippen molar-refractivity contribution in [3.63, 3.8) is 0 Å². The lowest BCUT2D eigenvalue weighted by Crippen LogP contribution is -2.32. The average molecular weight is 237 g/mol. The summed E-state index contributed by atoms with van der Waals surface area (Å²) in [5.74, 6) is 0.337. The largest absolute Gasteiger partial charge is 0.508 e. The summed E-state index contributed by atoms with van der Waals surface area (Å²) in [5, 5.41) is 12.9. The number of phenols is 1. The quantitative estimate of drug-likeness (QED) is 0.729. The first-order chi connectivity index (χ1) is 8.26. The normalized spacial score (nSPS) is 12.6. The van der Waals surface area contributed by atoms with Gasteiger partial charge in [-0.2, -0.15) is 0 Å². The molecule has 0 fully saturated rings. The third-order valence-electron chi connectivity index (χ3n) is 2.75. The SMILES string of the molecule is CCCNC(CCOC)Cc1cccc(O)c1. The highest BCUT2D eigenvalue weighted by atomic mass is 16.5. The standard InChI is InChI=1S/C14H23NO2/c1-3-8-15-13(7-9-17-2)10-12-5-4-6-14(16)11-12/h4-6,11,13,15-16H,3,7-10H2,1-2H3. The summed E-state index contributed by atoms with van der Waals surface area (Å²) in [7, 11) is 1.73. The Bertz CT molecular complexity index is 307. The van der Waals surface area contributed by atoms with Gasteiger partial charge in [0.05, 0.1) is 0 Å². The fraction of sp³-hybridized carbons (Fsp3) is 0.571. The van der Waals surface area contributed by atoms with E-state index in [1.54, 1.807) is 13.2 Å². The maximum Gasteiger partial charge on any atom is 0.115 e. The van der Waals surface area contributed by atoms with Gasteiger partial charge in [0.1, 0.15) is 5.75 Å². The van der Waals surface area contributed by atoms with E-state index in [1.165, 1.54) is 0 Å². The van der Waals surface area contributed by atoms with Crippen molar-refractivity contribution >= 4 is 0 Å². The van der Waals surface area contributed by atoms with Gasteiger partial charge in [-0.15, -0.1) is 0 Å². The Morgan fingerprint density at radius 2 is 2.24 bits per heavy atom. The zero-order chi connectivity index (χ0) is 12.5. The molecule has 1 atom stereocenters. The molecular weight excluding hydrogens is 214 g/mol. The highest BCUT2D eigenvalue weighted by Gasteiger charge is 2.08. The first-order valence-electron chi connectivity index (χ1n) is 6.26. The van der Waals surface area contributed by atoms with E-state index in [-0.39, 0.29) is 0 Å². The number of rotatable bonds is 8. The third kappa shape index (κ3) is 5.71. The van der Waals surface area contributed by atoms with Crippen molar-refractivity contribution in [3.05, 3.63) is 29.8 Å². The van der Waals surface area contributed by atoms with Crippen molar-refractivity contribution in [3.8, 4) is 5.75 Å². The summed E-state index contributed by atoms with van der Waals surface area (Å²) < 4.78 is 5.12. The number of methoxy groups -OCH3 is 1. The summed E-state index contributed by atoms with van der Waals surface area (Å²) in [6.45, 7) is 3.95. The van der Waals surface area contributed by atoms with Gasteiger partial charge in [0, 0.05) is 19.8 Å². The molecule has 1 aromatic carbocycles. The van der Waals surface area contributed by atoms with E-state index >= 15 is 0 Å². The van der Waals surface area contributed by atoms with Crippen LogP contribution in [0.4, 0.5) is 0 Å². The van der Waals surface area contributed by atoms with Gasteiger partial charge in [0.2, 0.25) is 0 Å². The van der Waals surface area contributed by atoms with Crippen molar-refractivity contribution in [2.45, 2.75) is 32.2 Å². The molecule has 0 spiro atoms. The molecule has 0 aliphatic rings. The van der Waals surface area contributed by atoms with Gasteiger partial charge >= 0.3 is 0 Å². The van der Waals surface area contributed by atoms with Crippen LogP contribution in [-0.4, -0.2) is 31.4 Å². The van der Waals surface area contributed by atoms with E-state index in [0.29, 0.717) is 11.8 Å². The molecular formula is C14H23NO2. The number of ether oxygens (including phenoxy) is 1. The van der Waals surface area contributed by atoms with Gasteiger partial charge in [-0.3, -0.25) is 0 Å². The van der Waals surface area contributed by atoms with Gasteiger partial charge in [-0.25, -0.2) is 0 Å². The second-order valence-corrected chi connectivity index (χ2v) is 4.31. The molecule has 17 heavy (non-hydrogen) atoms. The summed E-state index contributed by atoms with van der Waals surface area (Å²) in [6.07, 6.45) is 3.05. The van der Waals surface area contributed by atoms with Gasteiger partial charge in [0.15, 0.2) is 0 Å². The Morgan fingerprint density at radius 3 is 2.88 bits per heavy atom. The fourth-order valence-corrected chi connectivity index (χ4v) is 1.85. The van der Waals surface area contributed by atoms with Crippen LogP contribution < -0.4 is 5.32 Å². The van der Waals surface area contributed by atoms with Gasteiger partial charge in [-0.1, -0.05) is 19.1 Å². The van der Waals surface area contributed by atoms with Gasteiger partial charge in [-0.05, 0) is 43.5 Å². The van der Waals surface area contributed by atoms with E-state index in [9.17, 15) is 5.11 Å². The van der Waals surface area contributed by atoms with E-state index in [1.807, 2.05) is 18.2 Å². The number of hydrogen-bond acceptors (Lipinski definition) is 3. The van der Waals surface area contributed by atoms with E-state index in [0.717, 1.165) is 38.0 Å². The first-order valence-corrected chi connectivity index (χ1v) is 6.26. The Hall–Kier alpha value is -1.06. The number of aromatic hydroxyl groups is 1. The number of benzene rings is 1. The van der Waals surface area contributed by atoms with Gasteiger partial charge < -0.3 is 15.2 Å². The molecule has 1 aromatic rings. The fourth-order valence-electron chi connectivity index (χ4n) is 1.85. The highest BCUT2D eigenvalue weighted by molar-refractivity contribution is 5.27. The molecule has 0 radical (unpaired) electrons. The minimum absolute atomic E-state index is 0.337. The van der Waals surface area contributed by atoms with Crippen LogP contribution in [0.3, 0.4) is 0 Å². The summed E-state index contributed by atoms with van der Waals surface area (Å²) in [6, 6.07) is 7.88. The van der Waals surface area contributed by atoms with Gasteiger partial charge in [0.25, 0.3) is 0 Å². The molecule has 3 nitrogen and oxygen atoms in total. The minimum Gasteiger partial charge on any atom is -0.508 e. The molecule has 0 bridgehead atoms. The van der Waals surface area contributed by atoms with Crippen molar-refractivity contribution in [1.29, 1.82) is 0 Å². The summed E-state index contributed by atoms with van der Waals surface area (Å²) in [4.78, 5) is 0. The second-order valence-electron chi connectivity index (χ2n) is 4.31. The van der Waals surface area contributed by atoms with Crippen LogP contribution in [0.1, 0.15) is 25.3 Å². The molecule has 0 saturated carbocycles. The molecule has 0 aliphatic carbocycles. The number of nitrogens with one attached hydrogen (secondary N) is 1. The van der Waals surface area contributed by atoms with Crippen molar-refractivity contribution < 1.29 is 9.84 Å². The molecule has 0 saturated heterocycles. The zero-order valence-corrected chi connectivity index (χ0v) is 10.8. The molecule has 96 valence electrons. The Kier molecular flexibility index (Phi) is 6.67. The molecule has 3 heteroatoms. The Labute approximate surface area is 104 Å². The zero-order valence-electron chi connectivity index (χ0n) is 10.8. The summed E-state index contributed by atoms with van der Waals surface area (Å²) in [5.41, 5.74) is 1.16. The maximum absolute atomic E-state index is 9.43. The van der Waals surface area contributed by atoms with Crippen LogP contribution in [0.2, 0.25) is 0 Å². The van der Waals surface area contributed by atoms with Crippen LogP contribution in [0.25, 0.3) is 0 Å². The predicted octanol–water partition coefficient (Wildman–Crippen LogP) is 2.34. The monoisotopic (exact) mass is 237 g/mol. The molecule has 0 amide bonds.